The van der Waals surface area contributed by atoms with Gasteiger partial charge in [-0.25, -0.2) is 0 Å². The van der Waals surface area contributed by atoms with Crippen molar-refractivity contribution in [2.45, 2.75) is 13.8 Å². The van der Waals surface area contributed by atoms with Crippen LogP contribution in [0.15, 0.2) is 23.1 Å². The molecule has 0 aromatic heterocycles. The van der Waals surface area contributed by atoms with E-state index in [4.69, 9.17) is 0 Å². The molecule has 0 aliphatic rings. The predicted molar refractivity (Wildman–Crippen MR) is 37.6 cm³/mol. The highest BCUT2D eigenvalue weighted by Gasteiger charge is 1.80. The molecule has 0 unspecified atom stereocenters. The first-order valence-corrected chi connectivity index (χ1v) is 2.62. The van der Waals surface area contributed by atoms with Crippen molar-refractivity contribution in [2.24, 2.45) is 0 Å². The Morgan fingerprint density at radius 1 is 1.57 bits per heavy atom. The molecule has 7 heavy (non-hydrogen) atoms. The summed E-state index contributed by atoms with van der Waals surface area (Å²) in [4.78, 5) is 0.972. The number of hydrogen-bond donors (Lipinski definition) is 1. The molecule has 0 nitrogen and oxygen atoms in total. The van der Waals surface area contributed by atoms with E-state index >= 15 is 0 Å². The van der Waals surface area contributed by atoms with Crippen LogP contribution < -0.4 is 0 Å². The molecule has 0 aliphatic heterocycles. The summed E-state index contributed by atoms with van der Waals surface area (Å²) in [5, 5.41) is 0. The van der Waals surface area contributed by atoms with E-state index in [1.54, 1.807) is 6.08 Å². The van der Waals surface area contributed by atoms with Gasteiger partial charge in [-0.1, -0.05) is 18.2 Å². The van der Waals surface area contributed by atoms with Crippen molar-refractivity contribution >= 4 is 12.6 Å². The predicted octanol–water partition coefficient (Wildman–Crippen LogP) is 2.40. The number of rotatable bonds is 1. The zero-order valence-corrected chi connectivity index (χ0v) is 5.63. The van der Waals surface area contributed by atoms with E-state index in [9.17, 15) is 0 Å². The van der Waals surface area contributed by atoms with E-state index in [2.05, 4.69) is 19.2 Å². The normalized spacial score (nSPS) is 7.86. The molecule has 0 N–H and O–H groups in total. The van der Waals surface area contributed by atoms with Crippen LogP contribution in [0.3, 0.4) is 0 Å². The second kappa shape index (κ2) is 2.92. The molecule has 0 heterocycles. The van der Waals surface area contributed by atoms with Crippen molar-refractivity contribution in [3.05, 3.63) is 23.1 Å². The van der Waals surface area contributed by atoms with Gasteiger partial charge in [-0.3, -0.25) is 0 Å². The van der Waals surface area contributed by atoms with Crippen LogP contribution in [0.25, 0.3) is 0 Å². The van der Waals surface area contributed by atoms with Crippen molar-refractivity contribution in [2.75, 3.05) is 0 Å². The Morgan fingerprint density at radius 3 is 2.00 bits per heavy atom. The zero-order chi connectivity index (χ0) is 5.86. The van der Waals surface area contributed by atoms with Crippen molar-refractivity contribution in [3.8, 4) is 0 Å². The third-order valence-electron chi connectivity index (χ3n) is 0.706. The lowest BCUT2D eigenvalue weighted by Gasteiger charge is -1.89. The van der Waals surface area contributed by atoms with Crippen molar-refractivity contribution < 1.29 is 0 Å². The maximum Gasteiger partial charge on any atom is 0.00205 e. The first-order valence-electron chi connectivity index (χ1n) is 2.17. The molecular formula is C6H10S. The minimum atomic E-state index is 0.972. The maximum atomic E-state index is 4.09. The van der Waals surface area contributed by atoms with Gasteiger partial charge in [-0.2, -0.15) is 0 Å². The van der Waals surface area contributed by atoms with E-state index in [1.807, 2.05) is 13.8 Å². The van der Waals surface area contributed by atoms with Crippen LogP contribution in [-0.2, 0) is 0 Å². The minimum absolute atomic E-state index is 0.972. The average molecular weight is 114 g/mol. The second-order valence-corrected chi connectivity index (χ2v) is 2.07. The molecule has 0 bridgehead atoms. The van der Waals surface area contributed by atoms with E-state index in [0.29, 0.717) is 0 Å². The topological polar surface area (TPSA) is 0 Å². The summed E-state index contributed by atoms with van der Waals surface area (Å²) in [5.74, 6) is 0. The lowest BCUT2D eigenvalue weighted by Crippen LogP contribution is -1.65. The highest BCUT2D eigenvalue weighted by Crippen LogP contribution is 2.06. The average Bonchev–Trinajstić information content (AvgIpc) is 1.65. The summed E-state index contributed by atoms with van der Waals surface area (Å²) >= 11 is 4.09. The van der Waals surface area contributed by atoms with E-state index in [1.165, 1.54) is 5.57 Å². The number of thiol groups is 1. The monoisotopic (exact) mass is 114 g/mol. The Bertz CT molecular complexity index is 96.7. The van der Waals surface area contributed by atoms with Gasteiger partial charge in [0.25, 0.3) is 0 Å². The zero-order valence-electron chi connectivity index (χ0n) is 4.73. The van der Waals surface area contributed by atoms with E-state index < -0.39 is 0 Å². The van der Waals surface area contributed by atoms with Crippen LogP contribution in [0.5, 0.6) is 0 Å². The Balaban J connectivity index is 3.98. The van der Waals surface area contributed by atoms with Gasteiger partial charge in [0.15, 0.2) is 0 Å². The Kier molecular flexibility index (Phi) is 2.84. The van der Waals surface area contributed by atoms with Gasteiger partial charge in [-0.05, 0) is 13.8 Å². The largest absolute Gasteiger partial charge is 0.144 e. The van der Waals surface area contributed by atoms with Gasteiger partial charge in [0, 0.05) is 4.91 Å². The quantitative estimate of drug-likeness (QED) is 0.393. The Labute approximate surface area is 50.3 Å². The molecule has 0 aromatic rings. The molecule has 0 amide bonds. The molecule has 0 spiro atoms. The molecule has 0 fully saturated rings. The molecule has 0 saturated carbocycles. The summed E-state index contributed by atoms with van der Waals surface area (Å²) in [6.45, 7) is 7.56. The lowest BCUT2D eigenvalue weighted by molar-refractivity contribution is 1.38. The van der Waals surface area contributed by atoms with Crippen LogP contribution in [0.2, 0.25) is 0 Å². The van der Waals surface area contributed by atoms with Crippen LogP contribution in [0, 0.1) is 0 Å². The highest BCUT2D eigenvalue weighted by molar-refractivity contribution is 7.84. The molecule has 0 atom stereocenters. The Hall–Kier alpha value is -0.170. The summed E-state index contributed by atoms with van der Waals surface area (Å²) in [6, 6.07) is 0. The fourth-order valence-electron chi connectivity index (χ4n) is 0.204. The first kappa shape index (κ1) is 6.83. The Morgan fingerprint density at radius 2 is 2.00 bits per heavy atom. The SMILES string of the molecule is C=CC(S)=C(C)C. The van der Waals surface area contributed by atoms with Gasteiger partial charge in [0.2, 0.25) is 0 Å². The summed E-state index contributed by atoms with van der Waals surface area (Å²) in [6.07, 6.45) is 1.73. The highest BCUT2D eigenvalue weighted by atomic mass is 32.1. The van der Waals surface area contributed by atoms with Crippen LogP contribution in [0.1, 0.15) is 13.8 Å². The molecular weight excluding hydrogens is 104 g/mol. The lowest BCUT2D eigenvalue weighted by atomic mass is 10.3. The van der Waals surface area contributed by atoms with Gasteiger partial charge in [0.1, 0.15) is 0 Å². The molecule has 0 radical (unpaired) electrons. The summed E-state index contributed by atoms with van der Waals surface area (Å²) in [5.41, 5.74) is 1.21. The third-order valence-corrected chi connectivity index (χ3v) is 1.34. The summed E-state index contributed by atoms with van der Waals surface area (Å²) < 4.78 is 0. The van der Waals surface area contributed by atoms with E-state index in [0.717, 1.165) is 4.91 Å². The molecule has 40 valence electrons. The maximum absolute atomic E-state index is 4.09. The van der Waals surface area contributed by atoms with Crippen molar-refractivity contribution in [3.63, 3.8) is 0 Å². The number of allylic oxidation sites excluding steroid dienone is 2. The summed E-state index contributed by atoms with van der Waals surface area (Å²) in [7, 11) is 0. The van der Waals surface area contributed by atoms with Crippen LogP contribution in [0.4, 0.5) is 0 Å². The number of hydrogen-bond acceptors (Lipinski definition) is 1. The van der Waals surface area contributed by atoms with Gasteiger partial charge in [-0.15, -0.1) is 12.6 Å². The second-order valence-electron chi connectivity index (χ2n) is 1.59. The minimum Gasteiger partial charge on any atom is -0.144 e. The van der Waals surface area contributed by atoms with E-state index in [-0.39, 0.29) is 0 Å². The molecule has 0 aliphatic carbocycles. The first-order chi connectivity index (χ1) is 3.18. The van der Waals surface area contributed by atoms with Gasteiger partial charge in [0.05, 0.1) is 0 Å². The van der Waals surface area contributed by atoms with Gasteiger partial charge >= 0.3 is 0 Å². The molecule has 0 aromatic carbocycles. The standard InChI is InChI=1S/C6H10S/c1-4-6(7)5(2)3/h4,7H,1H2,2-3H3. The fraction of sp³-hybridized carbons (Fsp3) is 0.333. The van der Waals surface area contributed by atoms with Crippen molar-refractivity contribution in [1.29, 1.82) is 0 Å². The molecule has 1 heteroatoms. The smallest absolute Gasteiger partial charge is 0.00205 e. The third kappa shape index (κ3) is 2.52. The van der Waals surface area contributed by atoms with Crippen molar-refractivity contribution in [1.82, 2.24) is 0 Å². The molecule has 0 rings (SSSR count). The van der Waals surface area contributed by atoms with Crippen LogP contribution >= 0.6 is 12.6 Å². The molecule has 0 saturated heterocycles. The van der Waals surface area contributed by atoms with Gasteiger partial charge < -0.3 is 0 Å². The fourth-order valence-corrected chi connectivity index (χ4v) is 0.204. The van der Waals surface area contributed by atoms with Crippen LogP contribution in [-0.4, -0.2) is 0 Å².